The van der Waals surface area contributed by atoms with Crippen molar-refractivity contribution in [2.24, 2.45) is 23.7 Å². The topological polar surface area (TPSA) is 208 Å². The minimum Gasteiger partial charge on any atom is -0.483 e. The van der Waals surface area contributed by atoms with Crippen LogP contribution < -0.4 is 26.0 Å². The van der Waals surface area contributed by atoms with E-state index in [1.165, 1.54) is 6.33 Å². The fourth-order valence-electron chi connectivity index (χ4n) is 6.65. The lowest BCUT2D eigenvalue weighted by atomic mass is 9.82. The smallest absolute Gasteiger partial charge is 0.258 e. The summed E-state index contributed by atoms with van der Waals surface area (Å²) in [5, 5.41) is 36.5. The zero-order chi connectivity index (χ0) is 40.8. The number of hydrogen-bond acceptors (Lipinski definition) is 9. The summed E-state index contributed by atoms with van der Waals surface area (Å²) < 4.78 is 5.87. The highest BCUT2D eigenvalue weighted by atomic mass is 16.5. The number of hydrogen-bond donors (Lipinski definition) is 7. The van der Waals surface area contributed by atoms with E-state index in [0.717, 1.165) is 10.8 Å². The quantitative estimate of drug-likeness (QED) is 0.0662. The summed E-state index contributed by atoms with van der Waals surface area (Å²) in [5.74, 6) is -3.52. The summed E-state index contributed by atoms with van der Waals surface area (Å²) in [5.41, 5.74) is 1.24. The average molecular weight is 772 g/mol. The van der Waals surface area contributed by atoms with E-state index in [1.807, 2.05) is 70.2 Å². The summed E-state index contributed by atoms with van der Waals surface area (Å²) in [6.07, 6.45) is 2.31. The van der Waals surface area contributed by atoms with Crippen molar-refractivity contribution in [2.45, 2.75) is 97.7 Å². The molecule has 4 aromatic rings. The first-order valence-electron chi connectivity index (χ1n) is 19.3. The Labute approximate surface area is 328 Å². The van der Waals surface area contributed by atoms with Gasteiger partial charge < -0.3 is 41.2 Å². The maximum absolute atomic E-state index is 14.0. The van der Waals surface area contributed by atoms with Crippen LogP contribution in [-0.2, 0) is 32.1 Å². The number of rotatable bonds is 21. The number of nitrogens with one attached hydrogen (secondary N) is 5. The van der Waals surface area contributed by atoms with Gasteiger partial charge in [0.25, 0.3) is 5.91 Å². The number of pyridine rings is 1. The van der Waals surface area contributed by atoms with Crippen LogP contribution in [0.5, 0.6) is 5.75 Å². The fraction of sp³-hybridized carbons (Fsp3) is 0.476. The third-order valence-corrected chi connectivity index (χ3v) is 9.91. The van der Waals surface area contributed by atoms with E-state index in [-0.39, 0.29) is 37.8 Å². The van der Waals surface area contributed by atoms with Gasteiger partial charge in [0.1, 0.15) is 23.9 Å². The van der Waals surface area contributed by atoms with Crippen molar-refractivity contribution in [3.8, 4) is 5.75 Å². The molecule has 0 radical (unpaired) electrons. The predicted molar refractivity (Wildman–Crippen MR) is 213 cm³/mol. The average Bonchev–Trinajstić information content (AvgIpc) is 3.70. The highest BCUT2D eigenvalue weighted by Crippen LogP contribution is 2.26. The summed E-state index contributed by atoms with van der Waals surface area (Å²) >= 11 is 0. The van der Waals surface area contributed by atoms with E-state index in [9.17, 15) is 29.4 Å². The summed E-state index contributed by atoms with van der Waals surface area (Å²) in [6, 6.07) is 15.5. The SMILES string of the molecule is CC[C@@H](C)[C@H](NC(=O)[C@H](C(C)C)[C@@H](O)[C@H](O)[C@H](CC(C)C)NC(=O)[C@H](Cc1cnc[nH]1)NC(=O)COc1cccc2ccccc12)C(=O)NCc1ccccn1. The van der Waals surface area contributed by atoms with Crippen LogP contribution in [0.2, 0.25) is 0 Å². The Bertz CT molecular complexity index is 1850. The van der Waals surface area contributed by atoms with Gasteiger partial charge in [-0.2, -0.15) is 0 Å². The van der Waals surface area contributed by atoms with Crippen LogP contribution in [-0.4, -0.2) is 85.7 Å². The largest absolute Gasteiger partial charge is 0.483 e. The van der Waals surface area contributed by atoms with Gasteiger partial charge in [-0.3, -0.25) is 24.2 Å². The fourth-order valence-corrected chi connectivity index (χ4v) is 6.65. The Kier molecular flexibility index (Phi) is 16.3. The molecule has 7 atom stereocenters. The van der Waals surface area contributed by atoms with Crippen LogP contribution in [0, 0.1) is 23.7 Å². The normalized spacial score (nSPS) is 15.2. The molecule has 2 heterocycles. The van der Waals surface area contributed by atoms with E-state index in [0.29, 0.717) is 23.6 Å². The van der Waals surface area contributed by atoms with Crippen LogP contribution in [0.1, 0.15) is 65.8 Å². The summed E-state index contributed by atoms with van der Waals surface area (Å²) in [4.78, 5) is 65.7. The molecule has 0 unspecified atom stereocenters. The first-order valence-corrected chi connectivity index (χ1v) is 19.3. The molecule has 4 amide bonds. The molecule has 0 aliphatic heterocycles. The number of imidazole rings is 1. The third kappa shape index (κ3) is 12.3. The van der Waals surface area contributed by atoms with Crippen molar-refractivity contribution < 1.29 is 34.1 Å². The zero-order valence-corrected chi connectivity index (χ0v) is 33.1. The Hall–Kier alpha value is -5.34. The first kappa shape index (κ1) is 43.4. The van der Waals surface area contributed by atoms with Gasteiger partial charge in [-0.15, -0.1) is 0 Å². The second-order valence-electron chi connectivity index (χ2n) is 15.1. The lowest BCUT2D eigenvalue weighted by Crippen LogP contribution is -2.59. The molecule has 0 saturated heterocycles. The molecule has 0 aliphatic rings. The first-order chi connectivity index (χ1) is 26.8. The monoisotopic (exact) mass is 771 g/mol. The van der Waals surface area contributed by atoms with Crippen LogP contribution in [0.15, 0.2) is 79.4 Å². The van der Waals surface area contributed by atoms with Crippen molar-refractivity contribution >= 4 is 34.4 Å². The second kappa shape index (κ2) is 21.1. The molecule has 0 saturated carbocycles. The van der Waals surface area contributed by atoms with Crippen molar-refractivity contribution in [3.63, 3.8) is 0 Å². The number of ether oxygens (including phenoxy) is 1. The zero-order valence-electron chi connectivity index (χ0n) is 33.1. The highest BCUT2D eigenvalue weighted by molar-refractivity contribution is 5.91. The number of aliphatic hydroxyl groups excluding tert-OH is 2. The maximum atomic E-state index is 14.0. The summed E-state index contributed by atoms with van der Waals surface area (Å²) in [7, 11) is 0. The Balaban J connectivity index is 1.48. The number of carbonyl (C=O) groups excluding carboxylic acids is 4. The molecule has 0 spiro atoms. The second-order valence-corrected chi connectivity index (χ2v) is 15.1. The lowest BCUT2D eigenvalue weighted by Gasteiger charge is -2.35. The molecular formula is C42H57N7O7. The molecule has 0 aliphatic carbocycles. The van der Waals surface area contributed by atoms with Gasteiger partial charge in [0.15, 0.2) is 6.61 Å². The molecule has 14 heteroatoms. The van der Waals surface area contributed by atoms with Gasteiger partial charge in [0.05, 0.1) is 36.6 Å². The number of H-pyrrole nitrogens is 1. The van der Waals surface area contributed by atoms with Gasteiger partial charge in [0, 0.05) is 29.9 Å². The number of aromatic amines is 1. The van der Waals surface area contributed by atoms with Crippen molar-refractivity contribution in [2.75, 3.05) is 6.61 Å². The number of aliphatic hydroxyl groups is 2. The van der Waals surface area contributed by atoms with Gasteiger partial charge in [0.2, 0.25) is 17.7 Å². The van der Waals surface area contributed by atoms with E-state index in [2.05, 4.69) is 36.2 Å². The molecule has 7 N–H and O–H groups in total. The van der Waals surface area contributed by atoms with Gasteiger partial charge in [-0.05, 0) is 47.8 Å². The summed E-state index contributed by atoms with van der Waals surface area (Å²) in [6.45, 7) is 10.9. The molecule has 0 fully saturated rings. The number of fused-ring (bicyclic) bond motifs is 1. The van der Waals surface area contributed by atoms with Crippen molar-refractivity contribution in [1.82, 2.24) is 36.2 Å². The molecule has 302 valence electrons. The molecule has 14 nitrogen and oxygen atoms in total. The molecule has 56 heavy (non-hydrogen) atoms. The predicted octanol–water partition coefficient (Wildman–Crippen LogP) is 3.44. The Morgan fingerprint density at radius 1 is 0.839 bits per heavy atom. The van der Waals surface area contributed by atoms with E-state index >= 15 is 0 Å². The Morgan fingerprint density at radius 3 is 2.23 bits per heavy atom. The van der Waals surface area contributed by atoms with E-state index < -0.39 is 65.8 Å². The van der Waals surface area contributed by atoms with Crippen molar-refractivity contribution in [3.05, 3.63) is 90.8 Å². The maximum Gasteiger partial charge on any atom is 0.258 e. The van der Waals surface area contributed by atoms with Gasteiger partial charge >= 0.3 is 0 Å². The van der Waals surface area contributed by atoms with Gasteiger partial charge in [-0.25, -0.2) is 4.98 Å². The van der Waals surface area contributed by atoms with E-state index in [1.54, 1.807) is 44.4 Å². The molecule has 2 aromatic heterocycles. The molecule has 2 aromatic carbocycles. The van der Waals surface area contributed by atoms with Crippen LogP contribution in [0.25, 0.3) is 10.8 Å². The molecule has 0 bridgehead atoms. The van der Waals surface area contributed by atoms with Crippen LogP contribution in [0.3, 0.4) is 0 Å². The molecular weight excluding hydrogens is 715 g/mol. The van der Waals surface area contributed by atoms with Crippen molar-refractivity contribution in [1.29, 1.82) is 0 Å². The number of aromatic nitrogens is 3. The van der Waals surface area contributed by atoms with E-state index in [4.69, 9.17) is 4.74 Å². The minimum absolute atomic E-state index is 0.0409. The number of amides is 4. The molecule has 4 rings (SSSR count). The number of benzene rings is 2. The third-order valence-electron chi connectivity index (χ3n) is 9.91. The van der Waals surface area contributed by atoms with Gasteiger partial charge in [-0.1, -0.05) is 90.4 Å². The number of carbonyl (C=O) groups is 4. The van der Waals surface area contributed by atoms with Crippen LogP contribution in [0.4, 0.5) is 0 Å². The standard InChI is InChI=1S/C42H57N7O7/c1-7-27(6)37(42(55)45-22-29-15-10-11-18-44-29)49-41(54)36(26(4)5)39(52)38(51)32(19-25(2)3)48-40(53)33(20-30-21-43-24-46-30)47-35(50)23-56-34-17-12-14-28-13-8-9-16-31(28)34/h8-18,21,24-27,32-33,36-39,51-52H,7,19-20,22-23H2,1-6H3,(H,43,46)(H,45,55)(H,47,50)(H,48,53)(H,49,54)/t27-,32+,33+,36-,37+,38-,39-/m1/s1. The highest BCUT2D eigenvalue weighted by Gasteiger charge is 2.41. The van der Waals surface area contributed by atoms with Crippen LogP contribution >= 0.6 is 0 Å². The minimum atomic E-state index is -1.62. The number of nitrogens with zero attached hydrogens (tertiary/aromatic N) is 2. The Morgan fingerprint density at radius 2 is 1.57 bits per heavy atom. The lowest BCUT2D eigenvalue weighted by molar-refractivity contribution is -0.141.